The van der Waals surface area contributed by atoms with Crippen LogP contribution in [0.2, 0.25) is 0 Å². The molecule has 0 saturated heterocycles. The largest absolute Gasteiger partial charge is 0.478 e. The van der Waals surface area contributed by atoms with Crippen molar-refractivity contribution in [1.82, 2.24) is 0 Å². The fourth-order valence-corrected chi connectivity index (χ4v) is 2.26. The molecule has 5 heteroatoms. The summed E-state index contributed by atoms with van der Waals surface area (Å²) < 4.78 is 0. The fourth-order valence-electron chi connectivity index (χ4n) is 2.26. The van der Waals surface area contributed by atoms with Crippen molar-refractivity contribution in [3.63, 3.8) is 0 Å². The van der Waals surface area contributed by atoms with Crippen LogP contribution in [-0.2, 0) is 0 Å². The van der Waals surface area contributed by atoms with E-state index in [4.69, 9.17) is 0 Å². The second-order valence-electron chi connectivity index (χ2n) is 5.04. The molecule has 108 valence electrons. The number of aromatic carboxylic acids is 1. The minimum atomic E-state index is -1.09. The van der Waals surface area contributed by atoms with Gasteiger partial charge in [0.05, 0.1) is 16.1 Å². The van der Waals surface area contributed by atoms with Crippen LogP contribution in [0.15, 0.2) is 42.5 Å². The van der Waals surface area contributed by atoms with E-state index in [1.165, 1.54) is 12.1 Å². The van der Waals surface area contributed by atoms with Gasteiger partial charge in [0.2, 0.25) is 0 Å². The summed E-state index contributed by atoms with van der Waals surface area (Å²) >= 11 is 0. The van der Waals surface area contributed by atoms with Crippen LogP contribution in [0.5, 0.6) is 0 Å². The van der Waals surface area contributed by atoms with Gasteiger partial charge < -0.3 is 5.11 Å². The molecule has 0 bridgehead atoms. The first-order chi connectivity index (χ1) is 9.91. The number of carbonyl (C=O) groups is 1. The number of benzene rings is 2. The Morgan fingerprint density at radius 3 is 2.29 bits per heavy atom. The first kappa shape index (κ1) is 14.7. The summed E-state index contributed by atoms with van der Waals surface area (Å²) in [5.41, 5.74) is 1.43. The molecular weight excluding hydrogens is 270 g/mol. The van der Waals surface area contributed by atoms with E-state index >= 15 is 0 Å². The SMILES string of the molecule is CC(C)c1cc(C(=O)O)cc(-c2ccccc2)c1[N+](=O)[O-]. The van der Waals surface area contributed by atoms with E-state index in [1.54, 1.807) is 30.3 Å². The number of rotatable bonds is 4. The summed E-state index contributed by atoms with van der Waals surface area (Å²) in [6.45, 7) is 3.62. The number of nitrogens with zero attached hydrogens (tertiary/aromatic N) is 1. The molecule has 2 aromatic carbocycles. The van der Waals surface area contributed by atoms with Crippen LogP contribution in [0.3, 0.4) is 0 Å². The van der Waals surface area contributed by atoms with Crippen molar-refractivity contribution >= 4 is 11.7 Å². The Kier molecular flexibility index (Phi) is 4.03. The maximum atomic E-state index is 11.5. The summed E-state index contributed by atoms with van der Waals surface area (Å²) in [6.07, 6.45) is 0. The second-order valence-corrected chi connectivity index (χ2v) is 5.04. The smallest absolute Gasteiger partial charge is 0.335 e. The molecule has 0 atom stereocenters. The maximum Gasteiger partial charge on any atom is 0.335 e. The molecule has 21 heavy (non-hydrogen) atoms. The van der Waals surface area contributed by atoms with Gasteiger partial charge in [0.25, 0.3) is 5.69 Å². The van der Waals surface area contributed by atoms with Crippen LogP contribution >= 0.6 is 0 Å². The van der Waals surface area contributed by atoms with E-state index < -0.39 is 10.9 Å². The minimum absolute atomic E-state index is 0.0267. The van der Waals surface area contributed by atoms with Crippen molar-refractivity contribution in [2.75, 3.05) is 0 Å². The zero-order valence-electron chi connectivity index (χ0n) is 11.7. The predicted molar refractivity (Wildman–Crippen MR) is 79.6 cm³/mol. The van der Waals surface area contributed by atoms with E-state index in [-0.39, 0.29) is 17.2 Å². The summed E-state index contributed by atoms with van der Waals surface area (Å²) in [5, 5.41) is 20.7. The molecule has 0 amide bonds. The van der Waals surface area contributed by atoms with E-state index in [0.717, 1.165) is 0 Å². The molecule has 0 unspecified atom stereocenters. The van der Waals surface area contributed by atoms with Gasteiger partial charge in [0.1, 0.15) is 0 Å². The number of hydrogen-bond donors (Lipinski definition) is 1. The van der Waals surface area contributed by atoms with Crippen LogP contribution in [0.1, 0.15) is 35.7 Å². The molecule has 0 aliphatic rings. The summed E-state index contributed by atoms with van der Waals surface area (Å²) in [7, 11) is 0. The molecule has 5 nitrogen and oxygen atoms in total. The van der Waals surface area contributed by atoms with E-state index in [9.17, 15) is 20.0 Å². The van der Waals surface area contributed by atoms with Crippen LogP contribution in [-0.4, -0.2) is 16.0 Å². The molecule has 2 rings (SSSR count). The van der Waals surface area contributed by atoms with E-state index in [1.807, 2.05) is 13.8 Å². The van der Waals surface area contributed by atoms with Gasteiger partial charge in [-0.05, 0) is 23.6 Å². The lowest BCUT2D eigenvalue weighted by Gasteiger charge is -2.12. The average molecular weight is 285 g/mol. The Morgan fingerprint density at radius 1 is 1.19 bits per heavy atom. The van der Waals surface area contributed by atoms with Gasteiger partial charge in [0, 0.05) is 5.56 Å². The van der Waals surface area contributed by atoms with Crippen LogP contribution < -0.4 is 0 Å². The number of nitro groups is 1. The maximum absolute atomic E-state index is 11.5. The first-order valence-corrected chi connectivity index (χ1v) is 6.53. The van der Waals surface area contributed by atoms with Crippen molar-refractivity contribution in [2.24, 2.45) is 0 Å². The van der Waals surface area contributed by atoms with Crippen LogP contribution in [0, 0.1) is 10.1 Å². The van der Waals surface area contributed by atoms with Gasteiger partial charge in [-0.15, -0.1) is 0 Å². The topological polar surface area (TPSA) is 80.4 Å². The Hall–Kier alpha value is -2.69. The number of hydrogen-bond acceptors (Lipinski definition) is 3. The van der Waals surface area contributed by atoms with Gasteiger partial charge in [-0.25, -0.2) is 4.79 Å². The van der Waals surface area contributed by atoms with Gasteiger partial charge in [-0.1, -0.05) is 44.2 Å². The quantitative estimate of drug-likeness (QED) is 0.677. The van der Waals surface area contributed by atoms with E-state index in [0.29, 0.717) is 16.7 Å². The monoisotopic (exact) mass is 285 g/mol. The lowest BCUT2D eigenvalue weighted by Crippen LogP contribution is -2.05. The third-order valence-corrected chi connectivity index (χ3v) is 3.28. The highest BCUT2D eigenvalue weighted by Gasteiger charge is 2.25. The molecule has 0 saturated carbocycles. The molecule has 0 radical (unpaired) electrons. The Bertz CT molecular complexity index is 693. The predicted octanol–water partition coefficient (Wildman–Crippen LogP) is 4.08. The second kappa shape index (κ2) is 5.75. The highest BCUT2D eigenvalue weighted by atomic mass is 16.6. The summed E-state index contributed by atoms with van der Waals surface area (Å²) in [6, 6.07) is 11.6. The van der Waals surface area contributed by atoms with Crippen LogP contribution in [0.25, 0.3) is 11.1 Å². The molecule has 0 aliphatic carbocycles. The number of carboxylic acids is 1. The van der Waals surface area contributed by atoms with Crippen LogP contribution in [0.4, 0.5) is 5.69 Å². The Balaban J connectivity index is 2.83. The van der Waals surface area contributed by atoms with Gasteiger partial charge in [-0.3, -0.25) is 10.1 Å². The van der Waals surface area contributed by atoms with Crippen molar-refractivity contribution in [3.05, 3.63) is 63.7 Å². The summed E-state index contributed by atoms with van der Waals surface area (Å²) in [4.78, 5) is 22.3. The standard InChI is InChI=1S/C16H15NO4/c1-10(2)13-8-12(16(18)19)9-14(15(13)17(20)21)11-6-4-3-5-7-11/h3-10H,1-2H3,(H,18,19). The van der Waals surface area contributed by atoms with Gasteiger partial charge in [0.15, 0.2) is 0 Å². The van der Waals surface area contributed by atoms with Gasteiger partial charge >= 0.3 is 5.97 Å². The zero-order valence-corrected chi connectivity index (χ0v) is 11.7. The molecule has 0 fully saturated rings. The van der Waals surface area contributed by atoms with E-state index in [2.05, 4.69) is 0 Å². The molecule has 0 spiro atoms. The minimum Gasteiger partial charge on any atom is -0.478 e. The zero-order chi connectivity index (χ0) is 15.6. The number of nitro benzene ring substituents is 1. The molecular formula is C16H15NO4. The summed E-state index contributed by atoms with van der Waals surface area (Å²) in [5.74, 6) is -1.24. The molecule has 0 aliphatic heterocycles. The van der Waals surface area contributed by atoms with Crippen molar-refractivity contribution in [2.45, 2.75) is 19.8 Å². The molecule has 0 aromatic heterocycles. The lowest BCUT2D eigenvalue weighted by molar-refractivity contribution is -0.385. The first-order valence-electron chi connectivity index (χ1n) is 6.53. The Labute approximate surface area is 122 Å². The molecule has 2 aromatic rings. The molecule has 1 N–H and O–H groups in total. The van der Waals surface area contributed by atoms with Crippen molar-refractivity contribution in [1.29, 1.82) is 0 Å². The lowest BCUT2D eigenvalue weighted by atomic mass is 9.92. The average Bonchev–Trinajstić information content (AvgIpc) is 2.46. The fraction of sp³-hybridized carbons (Fsp3) is 0.188. The highest BCUT2D eigenvalue weighted by Crippen LogP contribution is 2.37. The van der Waals surface area contributed by atoms with Gasteiger partial charge in [-0.2, -0.15) is 0 Å². The molecule has 0 heterocycles. The Morgan fingerprint density at radius 2 is 1.81 bits per heavy atom. The number of carboxylic acid groups (broad SMARTS) is 1. The van der Waals surface area contributed by atoms with Crippen molar-refractivity contribution < 1.29 is 14.8 Å². The third kappa shape index (κ3) is 2.91. The van der Waals surface area contributed by atoms with Crippen molar-refractivity contribution in [3.8, 4) is 11.1 Å². The highest BCUT2D eigenvalue weighted by molar-refractivity contribution is 5.92. The normalized spacial score (nSPS) is 10.6. The third-order valence-electron chi connectivity index (χ3n) is 3.28.